The van der Waals surface area contributed by atoms with Gasteiger partial charge in [-0.15, -0.1) is 0 Å². The normalized spacial score (nSPS) is 45.7. The van der Waals surface area contributed by atoms with Crippen molar-refractivity contribution in [3.8, 4) is 5.75 Å². The van der Waals surface area contributed by atoms with Crippen molar-refractivity contribution in [2.45, 2.75) is 75.6 Å². The summed E-state index contributed by atoms with van der Waals surface area (Å²) in [7, 11) is 8.77. The Kier molecular flexibility index (Phi) is 7.80. The van der Waals surface area contributed by atoms with Gasteiger partial charge in [-0.2, -0.15) is 0 Å². The zero-order valence-electron chi connectivity index (χ0n) is 27.7. The van der Waals surface area contributed by atoms with Gasteiger partial charge in [0.05, 0.1) is 37.6 Å². The molecule has 1 spiro atoms. The SMILES string of the molecule is CCN1C[C@]2(COC)CC[C@H](OC)[C@]34[C@@H]5C[C@H]6[C@H](OC(=O)c7ccc(OC)cc7)[C@@H]5[C@](OC(C)=O)(C[C@@H]6OC)[C@H]([C@H](OC)[C@H]23)[C@@H]14. The van der Waals surface area contributed by atoms with Crippen LogP contribution in [0.4, 0.5) is 0 Å². The Balaban J connectivity index is 1.43. The molecular weight excluding hydrogens is 578 g/mol. The molecule has 1 heterocycles. The topological polar surface area (TPSA) is 102 Å². The Morgan fingerprint density at radius 1 is 0.978 bits per heavy atom. The first-order valence-electron chi connectivity index (χ1n) is 16.6. The number of hydrogen-bond donors (Lipinski definition) is 0. The van der Waals surface area contributed by atoms with E-state index in [1.165, 1.54) is 6.92 Å². The molecule has 45 heavy (non-hydrogen) atoms. The third-order valence-electron chi connectivity index (χ3n) is 13.2. The summed E-state index contributed by atoms with van der Waals surface area (Å²) in [5, 5.41) is 0. The highest BCUT2D eigenvalue weighted by atomic mass is 16.6. The Labute approximate surface area is 266 Å². The number of methoxy groups -OCH3 is 5. The quantitative estimate of drug-likeness (QED) is 0.358. The molecule has 0 unspecified atom stereocenters. The lowest BCUT2D eigenvalue weighted by atomic mass is 9.43. The zero-order valence-corrected chi connectivity index (χ0v) is 27.7. The van der Waals surface area contributed by atoms with Gasteiger partial charge in [-0.05, 0) is 56.0 Å². The number of benzene rings is 1. The fourth-order valence-corrected chi connectivity index (χ4v) is 12.4. The highest BCUT2D eigenvalue weighted by Crippen LogP contribution is 2.80. The largest absolute Gasteiger partial charge is 0.497 e. The lowest BCUT2D eigenvalue weighted by Gasteiger charge is -2.69. The van der Waals surface area contributed by atoms with Gasteiger partial charge in [0.25, 0.3) is 0 Å². The van der Waals surface area contributed by atoms with Crippen molar-refractivity contribution in [1.29, 1.82) is 0 Å². The van der Waals surface area contributed by atoms with Gasteiger partial charge >= 0.3 is 11.9 Å². The second kappa shape index (κ2) is 11.2. The van der Waals surface area contributed by atoms with Gasteiger partial charge in [-0.1, -0.05) is 6.92 Å². The molecule has 1 aromatic carbocycles. The number of esters is 2. The molecule has 13 atom stereocenters. The molecule has 7 bridgehead atoms. The van der Waals surface area contributed by atoms with Gasteiger partial charge in [0, 0.05) is 88.9 Å². The van der Waals surface area contributed by atoms with Gasteiger partial charge in [0.2, 0.25) is 0 Å². The van der Waals surface area contributed by atoms with Crippen LogP contribution in [0.25, 0.3) is 0 Å². The third kappa shape index (κ3) is 3.98. The van der Waals surface area contributed by atoms with Gasteiger partial charge in [0.1, 0.15) is 17.5 Å². The Hall–Kier alpha value is -2.24. The number of piperidine rings is 1. The molecule has 0 aromatic heterocycles. The van der Waals surface area contributed by atoms with Gasteiger partial charge < -0.3 is 33.2 Å². The molecule has 1 aliphatic heterocycles. The van der Waals surface area contributed by atoms with Crippen LogP contribution in [0.1, 0.15) is 49.9 Å². The molecule has 0 radical (unpaired) electrons. The van der Waals surface area contributed by atoms with Crippen LogP contribution in [0.15, 0.2) is 24.3 Å². The van der Waals surface area contributed by atoms with Crippen molar-refractivity contribution in [3.05, 3.63) is 29.8 Å². The summed E-state index contributed by atoms with van der Waals surface area (Å²) >= 11 is 0. The van der Waals surface area contributed by atoms with Crippen LogP contribution < -0.4 is 4.74 Å². The number of rotatable bonds is 10. The van der Waals surface area contributed by atoms with E-state index in [0.717, 1.165) is 32.4 Å². The fraction of sp³-hybridized carbons (Fsp3) is 0.771. The van der Waals surface area contributed by atoms with Crippen LogP contribution >= 0.6 is 0 Å². The van der Waals surface area contributed by atoms with Crippen LogP contribution in [0.2, 0.25) is 0 Å². The standard InChI is InChI=1S/C35H49NO9/c1-8-36-17-33(18-39-3)14-13-25(42-6)35-23-15-22-24(41-5)16-34(45-19(2)37,27(31(35)36)29(43-7)30(33)35)26(23)28(22)44-32(38)20-9-11-21(40-4)12-10-20/h9-12,22-31H,8,13-18H2,1-7H3/t22-,23-,24+,25+,26-,27-,28+,29+,30-,31-,33+,34-,35-/m1/s1. The molecule has 10 heteroatoms. The van der Waals surface area contributed by atoms with E-state index in [4.69, 9.17) is 33.2 Å². The summed E-state index contributed by atoms with van der Waals surface area (Å²) < 4.78 is 44.1. The average Bonchev–Trinajstić information content (AvgIpc) is 3.46. The summed E-state index contributed by atoms with van der Waals surface area (Å²) in [5.41, 5.74) is -0.937. The number of carbonyl (C=O) groups excluding carboxylic acids is 2. The molecule has 1 aromatic rings. The maximum atomic E-state index is 13.8. The molecule has 248 valence electrons. The van der Waals surface area contributed by atoms with Crippen LogP contribution in [0.3, 0.4) is 0 Å². The molecule has 6 fully saturated rings. The van der Waals surface area contributed by atoms with Crippen LogP contribution in [0.5, 0.6) is 5.75 Å². The van der Waals surface area contributed by atoms with Crippen LogP contribution in [-0.4, -0.2) is 108 Å². The smallest absolute Gasteiger partial charge is 0.338 e. The lowest BCUT2D eigenvalue weighted by Crippen LogP contribution is -2.77. The van der Waals surface area contributed by atoms with Crippen molar-refractivity contribution >= 4 is 11.9 Å². The Bertz CT molecular complexity index is 1310. The number of ether oxygens (including phenoxy) is 7. The van der Waals surface area contributed by atoms with Crippen LogP contribution in [-0.2, 0) is 33.2 Å². The first-order valence-corrected chi connectivity index (χ1v) is 16.6. The number of fused-ring (bicyclic) bond motifs is 2. The van der Waals surface area contributed by atoms with E-state index < -0.39 is 17.7 Å². The maximum absolute atomic E-state index is 13.8. The first-order chi connectivity index (χ1) is 21.7. The van der Waals surface area contributed by atoms with E-state index in [1.54, 1.807) is 45.6 Å². The molecule has 0 amide bonds. The minimum Gasteiger partial charge on any atom is -0.497 e. The number of likely N-dealkylation sites (tertiary alicyclic amines) is 1. The molecule has 10 nitrogen and oxygen atoms in total. The van der Waals surface area contributed by atoms with Crippen molar-refractivity contribution < 1.29 is 42.7 Å². The molecular formula is C35H49NO9. The van der Waals surface area contributed by atoms with E-state index >= 15 is 0 Å². The Morgan fingerprint density at radius 3 is 2.33 bits per heavy atom. The summed E-state index contributed by atoms with van der Waals surface area (Å²) in [5.74, 6) is -0.299. The number of hydrogen-bond acceptors (Lipinski definition) is 10. The Morgan fingerprint density at radius 2 is 1.73 bits per heavy atom. The van der Waals surface area contributed by atoms with E-state index in [0.29, 0.717) is 24.3 Å². The average molecular weight is 628 g/mol. The second-order valence-corrected chi connectivity index (χ2v) is 14.4. The summed E-state index contributed by atoms with van der Waals surface area (Å²) in [6.45, 7) is 6.11. The fourth-order valence-electron chi connectivity index (χ4n) is 12.4. The summed E-state index contributed by atoms with van der Waals surface area (Å²) in [6.07, 6.45) is 2.27. The molecule has 5 saturated carbocycles. The molecule has 1 saturated heterocycles. The molecule has 7 rings (SSSR count). The maximum Gasteiger partial charge on any atom is 0.338 e. The number of nitrogens with zero attached hydrogens (tertiary/aromatic N) is 1. The molecule has 0 N–H and O–H groups in total. The van der Waals surface area contributed by atoms with Gasteiger partial charge in [-0.25, -0.2) is 4.79 Å². The number of carbonyl (C=O) groups is 2. The highest BCUT2D eigenvalue weighted by molar-refractivity contribution is 5.89. The highest BCUT2D eigenvalue weighted by Gasteiger charge is 2.88. The lowest BCUT2D eigenvalue weighted by molar-refractivity contribution is -0.280. The predicted molar refractivity (Wildman–Crippen MR) is 163 cm³/mol. The molecule has 5 aliphatic carbocycles. The van der Waals surface area contributed by atoms with E-state index in [9.17, 15) is 9.59 Å². The van der Waals surface area contributed by atoms with Crippen LogP contribution in [0, 0.1) is 40.4 Å². The van der Waals surface area contributed by atoms with Crippen molar-refractivity contribution in [2.75, 3.05) is 55.2 Å². The predicted octanol–water partition coefficient (Wildman–Crippen LogP) is 3.60. The van der Waals surface area contributed by atoms with E-state index in [-0.39, 0.29) is 70.7 Å². The van der Waals surface area contributed by atoms with Crippen molar-refractivity contribution in [1.82, 2.24) is 4.90 Å². The summed E-state index contributed by atoms with van der Waals surface area (Å²) in [6, 6.07) is 7.07. The van der Waals surface area contributed by atoms with Gasteiger partial charge in [-0.3, -0.25) is 9.69 Å². The van der Waals surface area contributed by atoms with Crippen molar-refractivity contribution in [3.63, 3.8) is 0 Å². The first kappa shape index (κ1) is 31.4. The third-order valence-corrected chi connectivity index (χ3v) is 13.2. The zero-order chi connectivity index (χ0) is 31.9. The van der Waals surface area contributed by atoms with E-state index in [2.05, 4.69) is 11.8 Å². The molecule has 6 aliphatic rings. The second-order valence-electron chi connectivity index (χ2n) is 14.4. The summed E-state index contributed by atoms with van der Waals surface area (Å²) in [4.78, 5) is 29.7. The monoisotopic (exact) mass is 627 g/mol. The van der Waals surface area contributed by atoms with Crippen molar-refractivity contribution in [2.24, 2.45) is 40.4 Å². The minimum atomic E-state index is -0.947. The van der Waals surface area contributed by atoms with Gasteiger partial charge in [0.15, 0.2) is 0 Å². The minimum absolute atomic E-state index is 0.0203. The van der Waals surface area contributed by atoms with E-state index in [1.807, 2.05) is 14.2 Å².